The third kappa shape index (κ3) is 2.23. The second-order valence-electron chi connectivity index (χ2n) is 5.92. The molecule has 2 bridgehead atoms. The minimum absolute atomic E-state index is 0.460. The molecule has 2 fully saturated rings. The van der Waals surface area contributed by atoms with Crippen LogP contribution in [0.2, 0.25) is 0 Å². The molecule has 2 atom stereocenters. The van der Waals surface area contributed by atoms with Crippen LogP contribution in [0.1, 0.15) is 36.5 Å². The van der Waals surface area contributed by atoms with Crippen LogP contribution < -0.4 is 5.32 Å². The molecule has 6 nitrogen and oxygen atoms in total. The van der Waals surface area contributed by atoms with Crippen LogP contribution in [-0.2, 0) is 17.8 Å². The summed E-state index contributed by atoms with van der Waals surface area (Å²) in [6.07, 6.45) is 6.37. The second-order valence-corrected chi connectivity index (χ2v) is 6.96. The summed E-state index contributed by atoms with van der Waals surface area (Å²) in [5.41, 5.74) is 0. The molecule has 0 radical (unpaired) electrons. The van der Waals surface area contributed by atoms with Crippen molar-refractivity contribution in [3.63, 3.8) is 0 Å². The minimum atomic E-state index is 0.460. The zero-order valence-corrected chi connectivity index (χ0v) is 12.4. The first kappa shape index (κ1) is 12.7. The summed E-state index contributed by atoms with van der Waals surface area (Å²) in [7, 11) is 1.67. The third-order valence-corrected chi connectivity index (χ3v) is 5.33. The molecule has 108 valence electrons. The average Bonchev–Trinajstić information content (AvgIpc) is 3.07. The van der Waals surface area contributed by atoms with Crippen LogP contribution in [0.3, 0.4) is 0 Å². The first-order valence-corrected chi connectivity index (χ1v) is 8.08. The maximum atomic E-state index is 5.12. The van der Waals surface area contributed by atoms with Crippen LogP contribution in [0, 0.1) is 5.92 Å². The molecule has 0 aliphatic carbocycles. The molecule has 0 saturated carbocycles. The number of aromatic nitrogens is 4. The molecule has 20 heavy (non-hydrogen) atoms. The van der Waals surface area contributed by atoms with Gasteiger partial charge in [0.2, 0.25) is 4.96 Å². The van der Waals surface area contributed by atoms with Gasteiger partial charge in [0.15, 0.2) is 5.82 Å². The van der Waals surface area contributed by atoms with Crippen molar-refractivity contribution >= 4 is 16.3 Å². The number of piperidine rings is 1. The normalized spacial score (nSPS) is 29.4. The molecule has 2 aromatic heterocycles. The number of methoxy groups -OCH3 is 1. The quantitative estimate of drug-likeness (QED) is 0.923. The molecular formula is C13H19N5OS. The van der Waals surface area contributed by atoms with Crippen molar-refractivity contribution in [1.82, 2.24) is 25.1 Å². The lowest BCUT2D eigenvalue weighted by molar-refractivity contribution is 0.176. The summed E-state index contributed by atoms with van der Waals surface area (Å²) >= 11 is 1.66. The zero-order valence-electron chi connectivity index (χ0n) is 11.6. The van der Waals surface area contributed by atoms with Gasteiger partial charge in [-0.25, -0.2) is 0 Å². The number of nitrogens with one attached hydrogen (secondary N) is 1. The van der Waals surface area contributed by atoms with E-state index in [1.165, 1.54) is 30.7 Å². The predicted octanol–water partition coefficient (Wildman–Crippen LogP) is 1.41. The van der Waals surface area contributed by atoms with E-state index in [-0.39, 0.29) is 0 Å². The fourth-order valence-electron chi connectivity index (χ4n) is 3.59. The summed E-state index contributed by atoms with van der Waals surface area (Å²) in [6.45, 7) is 0.460. The molecule has 0 spiro atoms. The van der Waals surface area contributed by atoms with Crippen molar-refractivity contribution in [1.29, 1.82) is 0 Å². The maximum absolute atomic E-state index is 5.12. The summed E-state index contributed by atoms with van der Waals surface area (Å²) in [6, 6.07) is 1.49. The van der Waals surface area contributed by atoms with Crippen molar-refractivity contribution < 1.29 is 4.74 Å². The van der Waals surface area contributed by atoms with Gasteiger partial charge in [-0.05, 0) is 31.6 Å². The van der Waals surface area contributed by atoms with E-state index in [0.29, 0.717) is 6.61 Å². The number of fused-ring (bicyclic) bond motifs is 3. The summed E-state index contributed by atoms with van der Waals surface area (Å²) in [5, 5.41) is 17.8. The second kappa shape index (κ2) is 5.05. The van der Waals surface area contributed by atoms with Gasteiger partial charge in [0.25, 0.3) is 0 Å². The van der Waals surface area contributed by atoms with Crippen molar-refractivity contribution in [2.24, 2.45) is 5.92 Å². The monoisotopic (exact) mass is 293 g/mol. The van der Waals surface area contributed by atoms with Gasteiger partial charge in [-0.2, -0.15) is 9.61 Å². The van der Waals surface area contributed by atoms with Crippen molar-refractivity contribution in [2.45, 2.75) is 50.8 Å². The predicted molar refractivity (Wildman–Crippen MR) is 75.7 cm³/mol. The standard InChI is InChI=1S/C13H19N5OS/c1-19-7-11-15-16-13-18(11)17-12(20-13)6-8-4-9-2-3-10(5-8)14-9/h8-10,14H,2-7H2,1H3. The molecule has 0 amide bonds. The largest absolute Gasteiger partial charge is 0.377 e. The van der Waals surface area contributed by atoms with Gasteiger partial charge in [0.05, 0.1) is 0 Å². The van der Waals surface area contributed by atoms with Crippen molar-refractivity contribution in [2.75, 3.05) is 7.11 Å². The first-order chi connectivity index (χ1) is 9.81. The van der Waals surface area contributed by atoms with E-state index >= 15 is 0 Å². The fourth-order valence-corrected chi connectivity index (χ4v) is 4.55. The minimum Gasteiger partial charge on any atom is -0.377 e. The highest BCUT2D eigenvalue weighted by atomic mass is 32.1. The first-order valence-electron chi connectivity index (χ1n) is 7.27. The Morgan fingerprint density at radius 3 is 2.85 bits per heavy atom. The molecule has 2 unspecified atom stereocenters. The Morgan fingerprint density at radius 2 is 2.10 bits per heavy atom. The molecule has 2 aliphatic rings. The zero-order chi connectivity index (χ0) is 13.5. The molecule has 7 heteroatoms. The Balaban J connectivity index is 1.51. The van der Waals surface area contributed by atoms with E-state index in [1.807, 2.05) is 4.52 Å². The van der Waals surface area contributed by atoms with Crippen LogP contribution in [0.5, 0.6) is 0 Å². The Kier molecular flexibility index (Phi) is 3.20. The topological polar surface area (TPSA) is 64.3 Å². The van der Waals surface area contributed by atoms with E-state index in [1.54, 1.807) is 18.4 Å². The maximum Gasteiger partial charge on any atom is 0.234 e. The molecule has 2 aliphatic heterocycles. The third-order valence-electron chi connectivity index (χ3n) is 4.40. The lowest BCUT2D eigenvalue weighted by Crippen LogP contribution is -2.38. The molecule has 1 N–H and O–H groups in total. The smallest absolute Gasteiger partial charge is 0.234 e. The molecule has 2 aromatic rings. The number of ether oxygens (including phenoxy) is 1. The summed E-state index contributed by atoms with van der Waals surface area (Å²) in [5.74, 6) is 1.55. The average molecular weight is 293 g/mol. The van der Waals surface area contributed by atoms with Gasteiger partial charge in [-0.3, -0.25) is 0 Å². The Labute approximate surface area is 121 Å². The van der Waals surface area contributed by atoms with Crippen LogP contribution in [-0.4, -0.2) is 39.0 Å². The number of hydrogen-bond donors (Lipinski definition) is 1. The van der Waals surface area contributed by atoms with Gasteiger partial charge in [0.1, 0.15) is 11.6 Å². The van der Waals surface area contributed by atoms with Gasteiger partial charge in [0, 0.05) is 25.6 Å². The van der Waals surface area contributed by atoms with E-state index < -0.39 is 0 Å². The highest BCUT2D eigenvalue weighted by Crippen LogP contribution is 2.33. The van der Waals surface area contributed by atoms with Crippen LogP contribution in [0.25, 0.3) is 4.96 Å². The molecular weight excluding hydrogens is 274 g/mol. The van der Waals surface area contributed by atoms with Crippen molar-refractivity contribution in [3.05, 3.63) is 10.8 Å². The molecule has 4 rings (SSSR count). The molecule has 4 heterocycles. The number of nitrogens with zero attached hydrogens (tertiary/aromatic N) is 4. The van der Waals surface area contributed by atoms with Gasteiger partial charge >= 0.3 is 0 Å². The lowest BCUT2D eigenvalue weighted by Gasteiger charge is -2.28. The van der Waals surface area contributed by atoms with Gasteiger partial charge in [-0.15, -0.1) is 10.2 Å². The molecule has 2 saturated heterocycles. The molecule has 0 aromatic carbocycles. The van der Waals surface area contributed by atoms with Crippen LogP contribution in [0.15, 0.2) is 0 Å². The van der Waals surface area contributed by atoms with Crippen LogP contribution in [0.4, 0.5) is 0 Å². The lowest BCUT2D eigenvalue weighted by atomic mass is 9.90. The summed E-state index contributed by atoms with van der Waals surface area (Å²) < 4.78 is 6.96. The van der Waals surface area contributed by atoms with Crippen molar-refractivity contribution in [3.8, 4) is 0 Å². The number of hydrogen-bond acceptors (Lipinski definition) is 6. The number of rotatable bonds is 4. The van der Waals surface area contributed by atoms with Gasteiger partial charge in [-0.1, -0.05) is 11.3 Å². The Bertz CT molecular complexity index is 597. The van der Waals surface area contributed by atoms with E-state index in [2.05, 4.69) is 20.6 Å². The van der Waals surface area contributed by atoms with Crippen LogP contribution >= 0.6 is 11.3 Å². The summed E-state index contributed by atoms with van der Waals surface area (Å²) in [4.78, 5) is 0.879. The van der Waals surface area contributed by atoms with E-state index in [0.717, 1.165) is 35.2 Å². The van der Waals surface area contributed by atoms with Gasteiger partial charge < -0.3 is 10.1 Å². The highest BCUT2D eigenvalue weighted by molar-refractivity contribution is 7.16. The Hall–Kier alpha value is -1.05. The SMILES string of the molecule is COCc1nnc2sc(CC3CC4CCC(C3)N4)nn12. The fraction of sp³-hybridized carbons (Fsp3) is 0.769. The Morgan fingerprint density at radius 1 is 1.30 bits per heavy atom. The van der Waals surface area contributed by atoms with E-state index in [9.17, 15) is 0 Å². The highest BCUT2D eigenvalue weighted by Gasteiger charge is 2.33. The van der Waals surface area contributed by atoms with E-state index in [4.69, 9.17) is 4.74 Å².